The van der Waals surface area contributed by atoms with Crippen molar-refractivity contribution in [2.75, 3.05) is 6.61 Å². The Kier molecular flexibility index (Phi) is 4.04. The van der Waals surface area contributed by atoms with E-state index >= 15 is 0 Å². The standard InChI is InChI=1S/C17H23NO3/c1-3-20-15-8-13-7-11(2)21-16(13)9-14(15)10-18-17(19)12-5-4-6-12/h8-9,11-12H,3-7,10H2,1-2H3,(H,18,19)/t11-/m1/s1. The maximum atomic E-state index is 12.0. The first-order valence-corrected chi connectivity index (χ1v) is 7.90. The first-order valence-electron chi connectivity index (χ1n) is 7.90. The summed E-state index contributed by atoms with van der Waals surface area (Å²) in [6, 6.07) is 4.08. The molecule has 1 heterocycles. The Balaban J connectivity index is 1.73. The van der Waals surface area contributed by atoms with Crippen LogP contribution in [0.2, 0.25) is 0 Å². The Morgan fingerprint density at radius 1 is 1.43 bits per heavy atom. The van der Waals surface area contributed by atoms with Gasteiger partial charge in [0.05, 0.1) is 6.61 Å². The number of carbonyl (C=O) groups is 1. The molecule has 1 atom stereocenters. The van der Waals surface area contributed by atoms with Crippen LogP contribution in [0.4, 0.5) is 0 Å². The van der Waals surface area contributed by atoms with Crippen molar-refractivity contribution in [3.05, 3.63) is 23.3 Å². The van der Waals surface area contributed by atoms with Gasteiger partial charge in [0.15, 0.2) is 0 Å². The molecule has 1 aromatic carbocycles. The fourth-order valence-electron chi connectivity index (χ4n) is 2.91. The van der Waals surface area contributed by atoms with Gasteiger partial charge in [-0.3, -0.25) is 4.79 Å². The van der Waals surface area contributed by atoms with Crippen molar-refractivity contribution >= 4 is 5.91 Å². The van der Waals surface area contributed by atoms with E-state index in [9.17, 15) is 4.79 Å². The fraction of sp³-hybridized carbons (Fsp3) is 0.588. The molecule has 1 aliphatic carbocycles. The molecule has 0 spiro atoms. The molecule has 2 aliphatic rings. The van der Waals surface area contributed by atoms with Gasteiger partial charge >= 0.3 is 0 Å². The third kappa shape index (κ3) is 2.99. The summed E-state index contributed by atoms with van der Waals surface area (Å²) in [6.45, 7) is 5.18. The third-order valence-electron chi connectivity index (χ3n) is 4.31. The van der Waals surface area contributed by atoms with Gasteiger partial charge in [-0.25, -0.2) is 0 Å². The molecule has 114 valence electrons. The monoisotopic (exact) mass is 289 g/mol. The molecule has 1 N–H and O–H groups in total. The van der Waals surface area contributed by atoms with Gasteiger partial charge < -0.3 is 14.8 Å². The maximum Gasteiger partial charge on any atom is 0.223 e. The number of benzene rings is 1. The number of ether oxygens (including phenoxy) is 2. The number of rotatable bonds is 5. The van der Waals surface area contributed by atoms with Crippen molar-refractivity contribution in [3.63, 3.8) is 0 Å². The van der Waals surface area contributed by atoms with Gasteiger partial charge in [-0.1, -0.05) is 6.42 Å². The molecule has 0 bridgehead atoms. The molecule has 0 saturated heterocycles. The van der Waals surface area contributed by atoms with Crippen LogP contribution in [-0.4, -0.2) is 18.6 Å². The Bertz CT molecular complexity index is 537. The maximum absolute atomic E-state index is 12.0. The average Bonchev–Trinajstić information content (AvgIpc) is 2.73. The minimum atomic E-state index is 0.165. The van der Waals surface area contributed by atoms with E-state index in [0.717, 1.165) is 36.3 Å². The lowest BCUT2D eigenvalue weighted by Crippen LogP contribution is -2.34. The van der Waals surface area contributed by atoms with Gasteiger partial charge in [-0.2, -0.15) is 0 Å². The minimum Gasteiger partial charge on any atom is -0.494 e. The summed E-state index contributed by atoms with van der Waals surface area (Å²) < 4.78 is 11.5. The van der Waals surface area contributed by atoms with Crippen LogP contribution in [0.3, 0.4) is 0 Å². The Morgan fingerprint density at radius 2 is 2.24 bits per heavy atom. The summed E-state index contributed by atoms with van der Waals surface area (Å²) in [6.07, 6.45) is 4.36. The summed E-state index contributed by atoms with van der Waals surface area (Å²) >= 11 is 0. The predicted molar refractivity (Wildman–Crippen MR) is 80.6 cm³/mol. The van der Waals surface area contributed by atoms with E-state index in [4.69, 9.17) is 9.47 Å². The van der Waals surface area contributed by atoms with Crippen LogP contribution < -0.4 is 14.8 Å². The van der Waals surface area contributed by atoms with Crippen LogP contribution in [0.15, 0.2) is 12.1 Å². The summed E-state index contributed by atoms with van der Waals surface area (Å²) in [7, 11) is 0. The van der Waals surface area contributed by atoms with Crippen molar-refractivity contribution < 1.29 is 14.3 Å². The lowest BCUT2D eigenvalue weighted by atomic mass is 9.85. The van der Waals surface area contributed by atoms with E-state index in [1.54, 1.807) is 0 Å². The number of amides is 1. The largest absolute Gasteiger partial charge is 0.494 e. The van der Waals surface area contributed by atoms with E-state index in [2.05, 4.69) is 18.3 Å². The fourth-order valence-corrected chi connectivity index (χ4v) is 2.91. The Hall–Kier alpha value is -1.71. The van der Waals surface area contributed by atoms with Crippen LogP contribution in [0, 0.1) is 5.92 Å². The SMILES string of the molecule is CCOc1cc2c(cc1CNC(=O)C1CCC1)O[C@H](C)C2. The zero-order valence-electron chi connectivity index (χ0n) is 12.8. The first kappa shape index (κ1) is 14.2. The Labute approximate surface area is 125 Å². The van der Waals surface area contributed by atoms with Gasteiger partial charge in [0.1, 0.15) is 17.6 Å². The lowest BCUT2D eigenvalue weighted by molar-refractivity contribution is -0.127. The topological polar surface area (TPSA) is 47.6 Å². The van der Waals surface area contributed by atoms with Gasteiger partial charge in [0.2, 0.25) is 5.91 Å². The van der Waals surface area contributed by atoms with Crippen molar-refractivity contribution in [1.29, 1.82) is 0 Å². The van der Waals surface area contributed by atoms with E-state index in [1.165, 1.54) is 12.0 Å². The highest BCUT2D eigenvalue weighted by atomic mass is 16.5. The molecule has 1 aliphatic heterocycles. The summed E-state index contributed by atoms with van der Waals surface area (Å²) in [5.74, 6) is 2.17. The Morgan fingerprint density at radius 3 is 2.90 bits per heavy atom. The number of carbonyl (C=O) groups excluding carboxylic acids is 1. The van der Waals surface area contributed by atoms with Crippen molar-refractivity contribution in [2.24, 2.45) is 5.92 Å². The smallest absolute Gasteiger partial charge is 0.223 e. The normalized spacial score (nSPS) is 20.4. The quantitative estimate of drug-likeness (QED) is 0.906. The molecule has 0 aromatic heterocycles. The van der Waals surface area contributed by atoms with Gasteiger partial charge in [0, 0.05) is 30.0 Å². The zero-order chi connectivity index (χ0) is 14.8. The molecule has 1 aromatic rings. The first-order chi connectivity index (χ1) is 10.2. The second-order valence-electron chi connectivity index (χ2n) is 5.98. The molecule has 4 heteroatoms. The van der Waals surface area contributed by atoms with Crippen LogP contribution in [0.25, 0.3) is 0 Å². The average molecular weight is 289 g/mol. The molecule has 1 fully saturated rings. The highest BCUT2D eigenvalue weighted by Crippen LogP contribution is 2.35. The summed E-state index contributed by atoms with van der Waals surface area (Å²) in [4.78, 5) is 12.0. The van der Waals surface area contributed by atoms with Gasteiger partial charge in [-0.15, -0.1) is 0 Å². The number of hydrogen-bond donors (Lipinski definition) is 1. The molecular formula is C17H23NO3. The van der Waals surface area contributed by atoms with Crippen LogP contribution in [-0.2, 0) is 17.8 Å². The second kappa shape index (κ2) is 5.96. The number of hydrogen-bond acceptors (Lipinski definition) is 3. The highest BCUT2D eigenvalue weighted by Gasteiger charge is 2.26. The van der Waals surface area contributed by atoms with Crippen LogP contribution >= 0.6 is 0 Å². The second-order valence-corrected chi connectivity index (χ2v) is 5.98. The van der Waals surface area contributed by atoms with E-state index in [0.29, 0.717) is 13.2 Å². The lowest BCUT2D eigenvalue weighted by Gasteiger charge is -2.24. The number of fused-ring (bicyclic) bond motifs is 1. The summed E-state index contributed by atoms with van der Waals surface area (Å²) in [5, 5.41) is 3.03. The molecule has 3 rings (SSSR count). The third-order valence-corrected chi connectivity index (χ3v) is 4.31. The van der Waals surface area contributed by atoms with Crippen molar-refractivity contribution in [1.82, 2.24) is 5.32 Å². The van der Waals surface area contributed by atoms with E-state index in [-0.39, 0.29) is 17.9 Å². The number of nitrogens with one attached hydrogen (secondary N) is 1. The minimum absolute atomic E-state index is 0.165. The molecule has 0 radical (unpaired) electrons. The predicted octanol–water partition coefficient (Wildman–Crippen LogP) is 2.83. The zero-order valence-corrected chi connectivity index (χ0v) is 12.8. The highest BCUT2D eigenvalue weighted by molar-refractivity contribution is 5.79. The van der Waals surface area contributed by atoms with Gasteiger partial charge in [-0.05, 0) is 38.8 Å². The van der Waals surface area contributed by atoms with Crippen molar-refractivity contribution in [2.45, 2.75) is 52.2 Å². The molecular weight excluding hydrogens is 266 g/mol. The van der Waals surface area contributed by atoms with Crippen LogP contribution in [0.5, 0.6) is 11.5 Å². The molecule has 1 amide bonds. The molecule has 0 unspecified atom stereocenters. The van der Waals surface area contributed by atoms with E-state index in [1.807, 2.05) is 13.0 Å². The van der Waals surface area contributed by atoms with Crippen molar-refractivity contribution in [3.8, 4) is 11.5 Å². The van der Waals surface area contributed by atoms with E-state index < -0.39 is 0 Å². The van der Waals surface area contributed by atoms with Gasteiger partial charge in [0.25, 0.3) is 0 Å². The molecule has 21 heavy (non-hydrogen) atoms. The summed E-state index contributed by atoms with van der Waals surface area (Å²) in [5.41, 5.74) is 2.19. The van der Waals surface area contributed by atoms with Crippen LogP contribution in [0.1, 0.15) is 44.2 Å². The molecule has 4 nitrogen and oxygen atoms in total. The molecule has 1 saturated carbocycles.